The fraction of sp³-hybridized carbons (Fsp3) is 0.611. The first-order valence-electron chi connectivity index (χ1n) is 8.94. The van der Waals surface area contributed by atoms with Crippen LogP contribution in [0.3, 0.4) is 0 Å². The predicted molar refractivity (Wildman–Crippen MR) is 93.5 cm³/mol. The van der Waals surface area contributed by atoms with Crippen LogP contribution in [0.25, 0.3) is 0 Å². The van der Waals surface area contributed by atoms with Crippen LogP contribution in [0.15, 0.2) is 23.2 Å². The lowest BCUT2D eigenvalue weighted by atomic mass is 10.1. The Kier molecular flexibility index (Phi) is 6.62. The maximum Gasteiger partial charge on any atom is 0.193 e. The molecule has 2 fully saturated rings. The van der Waals surface area contributed by atoms with Crippen LogP contribution in [0.2, 0.25) is 0 Å². The second-order valence-corrected chi connectivity index (χ2v) is 6.31. The Bertz CT molecular complexity index is 624. The molecule has 3 rings (SSSR count). The molecular weight excluding hydrogens is 344 g/mol. The van der Waals surface area contributed by atoms with E-state index in [9.17, 15) is 8.78 Å². The number of morpholine rings is 1. The summed E-state index contributed by atoms with van der Waals surface area (Å²) in [6.07, 6.45) is 2.33. The third-order valence-corrected chi connectivity index (χ3v) is 4.53. The zero-order chi connectivity index (χ0) is 18.4. The zero-order valence-corrected chi connectivity index (χ0v) is 14.9. The van der Waals surface area contributed by atoms with Crippen LogP contribution in [0.5, 0.6) is 5.75 Å². The zero-order valence-electron chi connectivity index (χ0n) is 14.9. The summed E-state index contributed by atoms with van der Waals surface area (Å²) in [6, 6.07) is 3.50. The fourth-order valence-corrected chi connectivity index (χ4v) is 3.22. The molecular formula is C18H25F2N3O3. The van der Waals surface area contributed by atoms with Crippen LogP contribution in [-0.2, 0) is 9.47 Å². The van der Waals surface area contributed by atoms with Crippen molar-refractivity contribution < 1.29 is 23.0 Å². The Labute approximate surface area is 152 Å². The van der Waals surface area contributed by atoms with Crippen LogP contribution in [0.1, 0.15) is 12.8 Å². The van der Waals surface area contributed by atoms with Crippen molar-refractivity contribution >= 4 is 5.96 Å². The molecule has 0 aromatic heterocycles. The van der Waals surface area contributed by atoms with Crippen molar-refractivity contribution in [2.24, 2.45) is 4.99 Å². The molecule has 8 heteroatoms. The molecule has 1 N–H and O–H groups in total. The molecule has 2 unspecified atom stereocenters. The molecule has 26 heavy (non-hydrogen) atoms. The highest BCUT2D eigenvalue weighted by Gasteiger charge is 2.32. The van der Waals surface area contributed by atoms with Crippen molar-refractivity contribution in [3.05, 3.63) is 29.8 Å². The average Bonchev–Trinajstić information content (AvgIpc) is 3.19. The van der Waals surface area contributed by atoms with Crippen molar-refractivity contribution in [2.75, 3.05) is 46.5 Å². The van der Waals surface area contributed by atoms with Gasteiger partial charge in [0.25, 0.3) is 0 Å². The molecule has 2 aliphatic heterocycles. The average molecular weight is 369 g/mol. The van der Waals surface area contributed by atoms with Crippen LogP contribution in [0, 0.1) is 11.6 Å². The fourth-order valence-electron chi connectivity index (χ4n) is 3.22. The lowest BCUT2D eigenvalue weighted by molar-refractivity contribution is -0.0817. The standard InChI is InChI=1S/C18H25F2N3O3/c1-21-18(22-6-9-24-13-4-5-14(19)15(20)11-13)23-7-10-26-17(12-23)16-3-2-8-25-16/h4-5,11,16-17H,2-3,6-10,12H2,1H3,(H,21,22). The van der Waals surface area contributed by atoms with E-state index in [0.29, 0.717) is 25.5 Å². The van der Waals surface area contributed by atoms with Gasteiger partial charge in [0.15, 0.2) is 17.6 Å². The van der Waals surface area contributed by atoms with E-state index in [1.165, 1.54) is 6.07 Å². The number of nitrogens with zero attached hydrogens (tertiary/aromatic N) is 2. The van der Waals surface area contributed by atoms with Gasteiger partial charge in [0.05, 0.1) is 19.3 Å². The minimum absolute atomic E-state index is 0.0586. The summed E-state index contributed by atoms with van der Waals surface area (Å²) in [5.41, 5.74) is 0. The summed E-state index contributed by atoms with van der Waals surface area (Å²) < 4.78 is 43.1. The van der Waals surface area contributed by atoms with E-state index in [1.54, 1.807) is 7.05 Å². The number of hydrogen-bond acceptors (Lipinski definition) is 4. The maximum atomic E-state index is 13.2. The van der Waals surface area contributed by atoms with Crippen molar-refractivity contribution in [1.29, 1.82) is 0 Å². The summed E-state index contributed by atoms with van der Waals surface area (Å²) >= 11 is 0. The number of guanidine groups is 1. The Morgan fingerprint density at radius 3 is 2.85 bits per heavy atom. The molecule has 0 bridgehead atoms. The van der Waals surface area contributed by atoms with Crippen LogP contribution < -0.4 is 10.1 Å². The summed E-state index contributed by atoms with van der Waals surface area (Å²) in [7, 11) is 1.73. The minimum atomic E-state index is -0.917. The minimum Gasteiger partial charge on any atom is -0.492 e. The number of hydrogen-bond donors (Lipinski definition) is 1. The largest absolute Gasteiger partial charge is 0.492 e. The monoisotopic (exact) mass is 369 g/mol. The number of ether oxygens (including phenoxy) is 3. The van der Waals surface area contributed by atoms with Crippen molar-refractivity contribution in [2.45, 2.75) is 25.0 Å². The highest BCUT2D eigenvalue weighted by Crippen LogP contribution is 2.21. The maximum absolute atomic E-state index is 13.2. The van der Waals surface area contributed by atoms with Gasteiger partial charge in [-0.15, -0.1) is 0 Å². The quantitative estimate of drug-likeness (QED) is 0.487. The van der Waals surface area contributed by atoms with Gasteiger partial charge in [0.2, 0.25) is 0 Å². The molecule has 0 aliphatic carbocycles. The van der Waals surface area contributed by atoms with Gasteiger partial charge in [-0.05, 0) is 25.0 Å². The Balaban J connectivity index is 1.44. The Hall–Kier alpha value is -1.93. The van der Waals surface area contributed by atoms with E-state index in [-0.39, 0.29) is 12.2 Å². The van der Waals surface area contributed by atoms with E-state index < -0.39 is 11.6 Å². The van der Waals surface area contributed by atoms with Gasteiger partial charge in [-0.2, -0.15) is 0 Å². The number of aliphatic imine (C=N–C) groups is 1. The van der Waals surface area contributed by atoms with E-state index >= 15 is 0 Å². The van der Waals surface area contributed by atoms with Crippen molar-refractivity contribution in [3.63, 3.8) is 0 Å². The molecule has 0 radical (unpaired) electrons. The third-order valence-electron chi connectivity index (χ3n) is 4.53. The van der Waals surface area contributed by atoms with Gasteiger partial charge in [-0.3, -0.25) is 4.99 Å². The van der Waals surface area contributed by atoms with Gasteiger partial charge < -0.3 is 24.4 Å². The normalized spacial score (nSPS) is 24.0. The molecule has 0 spiro atoms. The third kappa shape index (κ3) is 4.82. The molecule has 6 nitrogen and oxygen atoms in total. The molecule has 2 aliphatic rings. The molecule has 2 saturated heterocycles. The van der Waals surface area contributed by atoms with Crippen LogP contribution >= 0.6 is 0 Å². The number of halogens is 2. The number of benzene rings is 1. The lowest BCUT2D eigenvalue weighted by Gasteiger charge is -2.37. The lowest BCUT2D eigenvalue weighted by Crippen LogP contribution is -2.53. The summed E-state index contributed by atoms with van der Waals surface area (Å²) in [6.45, 7) is 3.73. The van der Waals surface area contributed by atoms with Crippen LogP contribution in [0.4, 0.5) is 8.78 Å². The Morgan fingerprint density at radius 1 is 1.27 bits per heavy atom. The first kappa shape index (κ1) is 18.8. The van der Waals surface area contributed by atoms with Gasteiger partial charge in [0, 0.05) is 32.8 Å². The smallest absolute Gasteiger partial charge is 0.193 e. The van der Waals surface area contributed by atoms with E-state index in [4.69, 9.17) is 14.2 Å². The Morgan fingerprint density at radius 2 is 2.12 bits per heavy atom. The molecule has 1 aromatic rings. The topological polar surface area (TPSA) is 55.3 Å². The second-order valence-electron chi connectivity index (χ2n) is 6.31. The first-order chi connectivity index (χ1) is 12.7. The van der Waals surface area contributed by atoms with Gasteiger partial charge in [0.1, 0.15) is 18.5 Å². The van der Waals surface area contributed by atoms with Crippen molar-refractivity contribution in [1.82, 2.24) is 10.2 Å². The molecule has 2 heterocycles. The van der Waals surface area contributed by atoms with E-state index in [2.05, 4.69) is 15.2 Å². The van der Waals surface area contributed by atoms with Gasteiger partial charge >= 0.3 is 0 Å². The highest BCUT2D eigenvalue weighted by atomic mass is 19.2. The highest BCUT2D eigenvalue weighted by molar-refractivity contribution is 5.80. The first-order valence-corrected chi connectivity index (χ1v) is 8.94. The second kappa shape index (κ2) is 9.14. The summed E-state index contributed by atoms with van der Waals surface area (Å²) in [5.74, 6) is -0.737. The summed E-state index contributed by atoms with van der Waals surface area (Å²) in [4.78, 5) is 6.46. The summed E-state index contributed by atoms with van der Waals surface area (Å²) in [5, 5.41) is 3.23. The van der Waals surface area contributed by atoms with Crippen molar-refractivity contribution in [3.8, 4) is 5.75 Å². The SMILES string of the molecule is CN=C(NCCOc1ccc(F)c(F)c1)N1CCOC(C2CCCO2)C1. The molecule has 0 amide bonds. The molecule has 0 saturated carbocycles. The van der Waals surface area contributed by atoms with E-state index in [1.807, 2.05) is 0 Å². The van der Waals surface area contributed by atoms with Gasteiger partial charge in [-0.25, -0.2) is 8.78 Å². The molecule has 1 aromatic carbocycles. The van der Waals surface area contributed by atoms with Crippen LogP contribution in [-0.4, -0.2) is 69.6 Å². The van der Waals surface area contributed by atoms with Gasteiger partial charge in [-0.1, -0.05) is 0 Å². The number of rotatable bonds is 5. The molecule has 144 valence electrons. The molecule has 2 atom stereocenters. The predicted octanol–water partition coefficient (Wildman–Crippen LogP) is 1.80. The van der Waals surface area contributed by atoms with E-state index in [0.717, 1.165) is 50.6 Å². The number of nitrogens with one attached hydrogen (secondary N) is 1.